The summed E-state index contributed by atoms with van der Waals surface area (Å²) in [7, 11) is 0. The van der Waals surface area contributed by atoms with Gasteiger partial charge >= 0.3 is 5.97 Å². The molecule has 0 saturated carbocycles. The van der Waals surface area contributed by atoms with Crippen LogP contribution in [0.15, 0.2) is 23.4 Å². The van der Waals surface area contributed by atoms with Crippen molar-refractivity contribution in [2.24, 2.45) is 0 Å². The molecule has 0 atom stereocenters. The number of ether oxygens (including phenoxy) is 1. The third-order valence-corrected chi connectivity index (χ3v) is 2.38. The third kappa shape index (κ3) is 3.56. The van der Waals surface area contributed by atoms with Gasteiger partial charge in [0.2, 0.25) is 0 Å². The topological polar surface area (TPSA) is 110 Å². The van der Waals surface area contributed by atoms with E-state index in [4.69, 9.17) is 15.8 Å². The van der Waals surface area contributed by atoms with Crippen LogP contribution in [0.25, 0.3) is 0 Å². The van der Waals surface area contributed by atoms with Crippen molar-refractivity contribution in [1.82, 2.24) is 0 Å². The van der Waals surface area contributed by atoms with Crippen LogP contribution in [0.1, 0.15) is 17.3 Å². The number of benzene rings is 1. The average molecular weight is 302 g/mol. The first kappa shape index (κ1) is 16.6. The maximum atomic E-state index is 13.8. The lowest BCUT2D eigenvalue weighted by molar-refractivity contribution is 0.0515. The van der Waals surface area contributed by atoms with Crippen molar-refractivity contribution < 1.29 is 18.3 Å². The molecule has 0 fully saturated rings. The van der Waals surface area contributed by atoms with Crippen molar-refractivity contribution in [1.29, 1.82) is 15.8 Å². The lowest BCUT2D eigenvalue weighted by Crippen LogP contribution is -2.11. The van der Waals surface area contributed by atoms with Gasteiger partial charge in [0.1, 0.15) is 41.1 Å². The standard InChI is InChI=1S/C14H8F2N4O2/c1-2-22-14(21)13-10(15)3-9(4-11(13)16)20-12(7-19)8(5-17)6-18/h3-4,20H,2H2,1H3. The fraction of sp³-hybridized carbons (Fsp3) is 0.143. The molecule has 0 spiro atoms. The summed E-state index contributed by atoms with van der Waals surface area (Å²) >= 11 is 0. The molecule has 0 bridgehead atoms. The van der Waals surface area contributed by atoms with Crippen molar-refractivity contribution in [3.63, 3.8) is 0 Å². The number of halogens is 2. The second-order valence-corrected chi connectivity index (χ2v) is 3.75. The summed E-state index contributed by atoms with van der Waals surface area (Å²) < 4.78 is 32.1. The zero-order valence-corrected chi connectivity index (χ0v) is 11.3. The van der Waals surface area contributed by atoms with Crippen LogP contribution in [0.2, 0.25) is 0 Å². The Hall–Kier alpha value is -3.44. The number of carbonyl (C=O) groups is 1. The molecule has 0 heterocycles. The van der Waals surface area contributed by atoms with Crippen molar-refractivity contribution in [2.75, 3.05) is 11.9 Å². The molecule has 1 rings (SSSR count). The second kappa shape index (κ2) is 7.37. The summed E-state index contributed by atoms with van der Waals surface area (Å²) in [6, 6.07) is 5.98. The number of nitrogens with zero attached hydrogens (tertiary/aromatic N) is 3. The van der Waals surface area contributed by atoms with Gasteiger partial charge in [0.05, 0.1) is 6.61 Å². The molecule has 6 nitrogen and oxygen atoms in total. The average Bonchev–Trinajstić information content (AvgIpc) is 2.46. The van der Waals surface area contributed by atoms with E-state index in [1.807, 2.05) is 0 Å². The number of allylic oxidation sites excluding steroid dienone is 2. The summed E-state index contributed by atoms with van der Waals surface area (Å²) in [6.45, 7) is 1.44. The number of hydrogen-bond acceptors (Lipinski definition) is 6. The molecule has 0 unspecified atom stereocenters. The van der Waals surface area contributed by atoms with E-state index in [2.05, 4.69) is 10.1 Å². The summed E-state index contributed by atoms with van der Waals surface area (Å²) in [5.74, 6) is -3.56. The minimum atomic E-state index is -1.20. The van der Waals surface area contributed by atoms with E-state index in [0.717, 1.165) is 12.1 Å². The van der Waals surface area contributed by atoms with E-state index in [-0.39, 0.29) is 12.3 Å². The van der Waals surface area contributed by atoms with Crippen LogP contribution < -0.4 is 5.32 Å². The van der Waals surface area contributed by atoms with Crippen LogP contribution in [0.3, 0.4) is 0 Å². The number of nitriles is 3. The van der Waals surface area contributed by atoms with E-state index < -0.39 is 34.4 Å². The molecule has 0 saturated heterocycles. The fourth-order valence-corrected chi connectivity index (χ4v) is 1.47. The second-order valence-electron chi connectivity index (χ2n) is 3.75. The number of anilines is 1. The molecule has 0 amide bonds. The summed E-state index contributed by atoms with van der Waals surface area (Å²) in [5.41, 5.74) is -2.11. The van der Waals surface area contributed by atoms with E-state index in [9.17, 15) is 13.6 Å². The van der Waals surface area contributed by atoms with Crippen molar-refractivity contribution in [2.45, 2.75) is 6.92 Å². The lowest BCUT2D eigenvalue weighted by atomic mass is 10.1. The molecule has 1 N–H and O–H groups in total. The molecule has 22 heavy (non-hydrogen) atoms. The SMILES string of the molecule is CCOC(=O)c1c(F)cc(NC(C#N)=C(C#N)C#N)cc1F. The maximum absolute atomic E-state index is 13.8. The maximum Gasteiger partial charge on any atom is 0.344 e. The Balaban J connectivity index is 3.25. The van der Waals surface area contributed by atoms with E-state index >= 15 is 0 Å². The Labute approximate surface area is 124 Å². The summed E-state index contributed by atoms with van der Waals surface area (Å²) in [6.07, 6.45) is 0. The van der Waals surface area contributed by atoms with E-state index in [1.165, 1.54) is 25.1 Å². The predicted octanol–water partition coefficient (Wildman–Crippen LogP) is 2.38. The first-order valence-electron chi connectivity index (χ1n) is 5.86. The minimum Gasteiger partial charge on any atom is -0.462 e. The van der Waals surface area contributed by atoms with E-state index in [0.29, 0.717) is 0 Å². The zero-order chi connectivity index (χ0) is 16.7. The van der Waals surface area contributed by atoms with Gasteiger partial charge in [0.15, 0.2) is 5.57 Å². The van der Waals surface area contributed by atoms with Gasteiger partial charge in [0, 0.05) is 5.69 Å². The highest BCUT2D eigenvalue weighted by molar-refractivity contribution is 5.90. The van der Waals surface area contributed by atoms with Gasteiger partial charge in [-0.1, -0.05) is 0 Å². The van der Waals surface area contributed by atoms with Gasteiger partial charge in [-0.25, -0.2) is 13.6 Å². The van der Waals surface area contributed by atoms with Crippen LogP contribution in [0.4, 0.5) is 14.5 Å². The molecular formula is C14H8F2N4O2. The molecular weight excluding hydrogens is 294 g/mol. The monoisotopic (exact) mass is 302 g/mol. The largest absolute Gasteiger partial charge is 0.462 e. The van der Waals surface area contributed by atoms with Gasteiger partial charge in [-0.2, -0.15) is 15.8 Å². The Morgan fingerprint density at radius 2 is 1.73 bits per heavy atom. The number of hydrogen-bond donors (Lipinski definition) is 1. The van der Waals surface area contributed by atoms with Crippen LogP contribution in [0.5, 0.6) is 0 Å². The Morgan fingerprint density at radius 1 is 1.18 bits per heavy atom. The normalized spacial score (nSPS) is 8.91. The Morgan fingerprint density at radius 3 is 2.14 bits per heavy atom. The Kier molecular flexibility index (Phi) is 5.57. The van der Waals surface area contributed by atoms with Crippen LogP contribution in [-0.2, 0) is 4.74 Å². The number of carbonyl (C=O) groups excluding carboxylic acids is 1. The molecule has 0 aliphatic carbocycles. The molecule has 0 aromatic heterocycles. The van der Waals surface area contributed by atoms with Crippen LogP contribution >= 0.6 is 0 Å². The van der Waals surface area contributed by atoms with Crippen molar-refractivity contribution in [3.05, 3.63) is 40.6 Å². The first-order chi connectivity index (χ1) is 10.5. The predicted molar refractivity (Wildman–Crippen MR) is 69.8 cm³/mol. The highest BCUT2D eigenvalue weighted by Gasteiger charge is 2.20. The molecule has 1 aromatic carbocycles. The van der Waals surface area contributed by atoms with Gasteiger partial charge in [-0.15, -0.1) is 0 Å². The quantitative estimate of drug-likeness (QED) is 0.675. The first-order valence-corrected chi connectivity index (χ1v) is 5.86. The van der Waals surface area contributed by atoms with Gasteiger partial charge in [-0.05, 0) is 19.1 Å². The zero-order valence-electron chi connectivity index (χ0n) is 11.3. The fourth-order valence-electron chi connectivity index (χ4n) is 1.47. The van der Waals surface area contributed by atoms with Crippen LogP contribution in [-0.4, -0.2) is 12.6 Å². The molecule has 8 heteroatoms. The third-order valence-electron chi connectivity index (χ3n) is 2.38. The molecule has 0 radical (unpaired) electrons. The van der Waals surface area contributed by atoms with Gasteiger partial charge in [0.25, 0.3) is 0 Å². The number of rotatable bonds is 4. The van der Waals surface area contributed by atoms with Crippen molar-refractivity contribution in [3.8, 4) is 18.2 Å². The number of nitrogens with one attached hydrogen (secondary N) is 1. The highest BCUT2D eigenvalue weighted by Crippen LogP contribution is 2.21. The molecule has 0 aliphatic heterocycles. The molecule has 1 aromatic rings. The number of esters is 1. The highest BCUT2D eigenvalue weighted by atomic mass is 19.1. The smallest absolute Gasteiger partial charge is 0.344 e. The molecule has 110 valence electrons. The lowest BCUT2D eigenvalue weighted by Gasteiger charge is -2.09. The summed E-state index contributed by atoms with van der Waals surface area (Å²) in [4.78, 5) is 11.4. The van der Waals surface area contributed by atoms with Crippen LogP contribution in [0, 0.1) is 45.6 Å². The van der Waals surface area contributed by atoms with Crippen molar-refractivity contribution >= 4 is 11.7 Å². The summed E-state index contributed by atoms with van der Waals surface area (Å²) in [5, 5.41) is 28.4. The Bertz CT molecular complexity index is 728. The van der Waals surface area contributed by atoms with Gasteiger partial charge in [-0.3, -0.25) is 0 Å². The van der Waals surface area contributed by atoms with Gasteiger partial charge < -0.3 is 10.1 Å². The minimum absolute atomic E-state index is 0.0489. The van der Waals surface area contributed by atoms with E-state index in [1.54, 1.807) is 0 Å². The molecule has 0 aliphatic rings.